The Hall–Kier alpha value is -2.22. The molecule has 2 fully saturated rings. The molecule has 8 heteroatoms. The van der Waals surface area contributed by atoms with Crippen molar-refractivity contribution in [1.29, 1.82) is 0 Å². The van der Waals surface area contributed by atoms with Gasteiger partial charge < -0.3 is 4.90 Å². The Morgan fingerprint density at radius 1 is 1.07 bits per heavy atom. The van der Waals surface area contributed by atoms with Crippen molar-refractivity contribution in [3.8, 4) is 0 Å². The van der Waals surface area contributed by atoms with E-state index in [1.165, 1.54) is 36.1 Å². The van der Waals surface area contributed by atoms with Gasteiger partial charge >= 0.3 is 12.0 Å². The smallest absolute Gasteiger partial charge is 0.300 e. The molecule has 28 heavy (non-hydrogen) atoms. The molecule has 3 amide bonds. The summed E-state index contributed by atoms with van der Waals surface area (Å²) in [5.74, 6) is 1.07. The number of amidine groups is 1. The SMILES string of the molecule is CN1C(=O)C2C(=Nc3n(CCN4CCCCC4)c(C(C)(C)C)c[n+]32)N(C)C1=O. The van der Waals surface area contributed by atoms with Crippen LogP contribution in [0.5, 0.6) is 0 Å². The topological polar surface area (TPSA) is 65.0 Å². The maximum absolute atomic E-state index is 12.9. The zero-order valence-electron chi connectivity index (χ0n) is 17.6. The number of rotatable bonds is 3. The fourth-order valence-electron chi connectivity index (χ4n) is 4.43. The van der Waals surface area contributed by atoms with Crippen LogP contribution in [0.3, 0.4) is 0 Å². The zero-order valence-corrected chi connectivity index (χ0v) is 17.6. The van der Waals surface area contributed by atoms with Crippen molar-refractivity contribution in [2.75, 3.05) is 33.7 Å². The van der Waals surface area contributed by atoms with Crippen LogP contribution < -0.4 is 4.57 Å². The molecular formula is C20H31N6O2+. The lowest BCUT2D eigenvalue weighted by Gasteiger charge is -2.30. The molecule has 1 unspecified atom stereocenters. The highest BCUT2D eigenvalue weighted by molar-refractivity contribution is 6.18. The Bertz CT molecular complexity index is 844. The largest absolute Gasteiger partial charge is 0.402 e. The number of carbonyl (C=O) groups excluding carboxylic acids is 2. The van der Waals surface area contributed by atoms with Gasteiger partial charge in [0.2, 0.25) is 11.9 Å². The summed E-state index contributed by atoms with van der Waals surface area (Å²) in [6.07, 6.45) is 5.91. The van der Waals surface area contributed by atoms with Gasteiger partial charge in [0.25, 0.3) is 5.91 Å². The van der Waals surface area contributed by atoms with E-state index >= 15 is 0 Å². The Morgan fingerprint density at radius 3 is 2.39 bits per heavy atom. The molecule has 1 aromatic rings. The van der Waals surface area contributed by atoms with Crippen LogP contribution in [-0.2, 0) is 16.8 Å². The second-order valence-corrected chi connectivity index (χ2v) is 9.14. The first-order valence-corrected chi connectivity index (χ1v) is 10.2. The average molecular weight is 388 g/mol. The van der Waals surface area contributed by atoms with Crippen LogP contribution in [0.1, 0.15) is 51.8 Å². The summed E-state index contributed by atoms with van der Waals surface area (Å²) in [5.41, 5.74) is 1.09. The fraction of sp³-hybridized carbons (Fsp3) is 0.700. The van der Waals surface area contributed by atoms with Gasteiger partial charge in [0.15, 0.2) is 0 Å². The fourth-order valence-corrected chi connectivity index (χ4v) is 4.43. The summed E-state index contributed by atoms with van der Waals surface area (Å²) >= 11 is 0. The summed E-state index contributed by atoms with van der Waals surface area (Å²) in [6.45, 7) is 10.7. The lowest BCUT2D eigenvalue weighted by atomic mass is 9.92. The first kappa shape index (κ1) is 19.1. The molecular weight excluding hydrogens is 356 g/mol. The molecule has 4 rings (SSSR count). The van der Waals surface area contributed by atoms with Gasteiger partial charge in [-0.15, -0.1) is 0 Å². The quantitative estimate of drug-likeness (QED) is 0.741. The molecule has 0 spiro atoms. The van der Waals surface area contributed by atoms with E-state index in [2.05, 4.69) is 36.4 Å². The molecule has 8 nitrogen and oxygen atoms in total. The van der Waals surface area contributed by atoms with E-state index in [0.29, 0.717) is 5.84 Å². The Balaban J connectivity index is 1.72. The third-order valence-electron chi connectivity index (χ3n) is 6.10. The number of hydrogen-bond acceptors (Lipinski definition) is 4. The van der Waals surface area contributed by atoms with Gasteiger partial charge in [0, 0.05) is 26.1 Å². The summed E-state index contributed by atoms with van der Waals surface area (Å²) in [5, 5.41) is 0. The average Bonchev–Trinajstić information content (AvgIpc) is 3.20. The highest BCUT2D eigenvalue weighted by Gasteiger charge is 2.52. The van der Waals surface area contributed by atoms with Gasteiger partial charge in [-0.2, -0.15) is 0 Å². The molecule has 152 valence electrons. The van der Waals surface area contributed by atoms with E-state index in [1.54, 1.807) is 7.05 Å². The Kier molecular flexibility index (Phi) is 4.56. The molecule has 4 heterocycles. The van der Waals surface area contributed by atoms with Crippen molar-refractivity contribution in [3.63, 3.8) is 0 Å². The monoisotopic (exact) mass is 387 g/mol. The van der Waals surface area contributed by atoms with E-state index in [4.69, 9.17) is 4.99 Å². The predicted octanol–water partition coefficient (Wildman–Crippen LogP) is 1.67. The van der Waals surface area contributed by atoms with Crippen LogP contribution in [0, 0.1) is 0 Å². The van der Waals surface area contributed by atoms with Crippen LogP contribution in [-0.4, -0.2) is 70.8 Å². The number of nitrogens with zero attached hydrogens (tertiary/aromatic N) is 6. The molecule has 3 aliphatic rings. The minimum Gasteiger partial charge on any atom is -0.300 e. The van der Waals surface area contributed by atoms with E-state index in [0.717, 1.165) is 37.8 Å². The highest BCUT2D eigenvalue weighted by Crippen LogP contribution is 2.32. The van der Waals surface area contributed by atoms with Crippen LogP contribution >= 0.6 is 0 Å². The molecule has 3 aliphatic heterocycles. The van der Waals surface area contributed by atoms with E-state index in [-0.39, 0.29) is 17.4 Å². The lowest BCUT2D eigenvalue weighted by molar-refractivity contribution is -0.677. The number of aromatic nitrogens is 2. The van der Waals surface area contributed by atoms with Gasteiger partial charge in [-0.3, -0.25) is 14.6 Å². The molecule has 0 radical (unpaired) electrons. The summed E-state index contributed by atoms with van der Waals surface area (Å²) in [7, 11) is 3.22. The number of fused-ring (bicyclic) bond motifs is 3. The van der Waals surface area contributed by atoms with E-state index in [1.807, 2.05) is 4.57 Å². The number of hydrogen-bond donors (Lipinski definition) is 0. The molecule has 0 bridgehead atoms. The van der Waals surface area contributed by atoms with Crippen molar-refractivity contribution in [1.82, 2.24) is 19.3 Å². The van der Waals surface area contributed by atoms with Crippen LogP contribution in [0.2, 0.25) is 0 Å². The molecule has 0 aliphatic carbocycles. The number of aliphatic imine (C=N–C) groups is 1. The maximum atomic E-state index is 12.9. The van der Waals surface area contributed by atoms with Gasteiger partial charge in [-0.05, 0) is 25.9 Å². The lowest BCUT2D eigenvalue weighted by Crippen LogP contribution is -2.61. The summed E-state index contributed by atoms with van der Waals surface area (Å²) < 4.78 is 4.19. The van der Waals surface area contributed by atoms with Crippen LogP contribution in [0.4, 0.5) is 10.7 Å². The Morgan fingerprint density at radius 2 is 1.75 bits per heavy atom. The van der Waals surface area contributed by atoms with Crippen molar-refractivity contribution >= 4 is 23.7 Å². The van der Waals surface area contributed by atoms with Gasteiger partial charge in [-0.25, -0.2) is 13.9 Å². The van der Waals surface area contributed by atoms with Crippen molar-refractivity contribution in [2.45, 2.75) is 58.0 Å². The molecule has 0 N–H and O–H groups in total. The van der Waals surface area contributed by atoms with Crippen molar-refractivity contribution < 1.29 is 14.2 Å². The number of urea groups is 1. The minimum atomic E-state index is -0.556. The normalized spacial score (nSPS) is 23.2. The van der Waals surface area contributed by atoms with Gasteiger partial charge in [0.1, 0.15) is 11.9 Å². The highest BCUT2D eigenvalue weighted by atomic mass is 16.2. The standard InChI is InChI=1S/C20H31N6O2/c1-20(2,3)14-13-26-15-16(22(4)19(28)23(5)17(15)27)21-18(26)25(14)12-11-24-9-7-6-8-10-24/h13,15H,6-12H2,1-5H3/q+1. The second-order valence-electron chi connectivity index (χ2n) is 9.14. The first-order valence-electron chi connectivity index (χ1n) is 10.2. The summed E-state index contributed by atoms with van der Waals surface area (Å²) in [6, 6.07) is -0.887. The molecule has 1 aromatic heterocycles. The van der Waals surface area contributed by atoms with Crippen molar-refractivity contribution in [3.05, 3.63) is 11.9 Å². The minimum absolute atomic E-state index is 0.0692. The third kappa shape index (κ3) is 2.94. The number of likely N-dealkylation sites (N-methyl/N-ethyl adjacent to an activating group) is 2. The Labute approximate surface area is 166 Å². The second kappa shape index (κ2) is 6.69. The van der Waals surface area contributed by atoms with Gasteiger partial charge in [-0.1, -0.05) is 32.2 Å². The van der Waals surface area contributed by atoms with Crippen LogP contribution in [0.25, 0.3) is 0 Å². The van der Waals surface area contributed by atoms with Gasteiger partial charge in [0.05, 0.1) is 6.54 Å². The molecule has 2 saturated heterocycles. The summed E-state index contributed by atoms with van der Waals surface area (Å²) in [4.78, 5) is 35.1. The number of piperidine rings is 1. The number of imide groups is 1. The number of amides is 3. The molecule has 0 saturated carbocycles. The maximum Gasteiger partial charge on any atom is 0.402 e. The molecule has 0 aromatic carbocycles. The number of carbonyl (C=O) groups is 2. The zero-order chi connectivity index (χ0) is 20.2. The van der Waals surface area contributed by atoms with E-state index in [9.17, 15) is 9.59 Å². The number of imidazole rings is 1. The van der Waals surface area contributed by atoms with Crippen LogP contribution in [0.15, 0.2) is 11.2 Å². The van der Waals surface area contributed by atoms with E-state index < -0.39 is 6.04 Å². The number of likely N-dealkylation sites (tertiary alicyclic amines) is 1. The van der Waals surface area contributed by atoms with Crippen molar-refractivity contribution in [2.24, 2.45) is 4.99 Å². The predicted molar refractivity (Wildman–Crippen MR) is 106 cm³/mol. The molecule has 1 atom stereocenters. The first-order chi connectivity index (χ1) is 13.2. The third-order valence-corrected chi connectivity index (χ3v) is 6.10.